The van der Waals surface area contributed by atoms with Gasteiger partial charge in [0.15, 0.2) is 5.03 Å². The van der Waals surface area contributed by atoms with Crippen LogP contribution in [-0.2, 0) is 21.9 Å². The van der Waals surface area contributed by atoms with Gasteiger partial charge < -0.3 is 15.6 Å². The lowest BCUT2D eigenvalue weighted by Crippen LogP contribution is -2.49. The number of nitrogens with two attached hydrogens (primary N) is 1. The number of hydrogen-bond acceptors (Lipinski definition) is 5. The molecule has 0 saturated carbocycles. The van der Waals surface area contributed by atoms with E-state index in [4.69, 9.17) is 5.73 Å². The summed E-state index contributed by atoms with van der Waals surface area (Å²) >= 11 is 0. The van der Waals surface area contributed by atoms with Gasteiger partial charge in [-0.15, -0.1) is 0 Å². The fourth-order valence-corrected chi connectivity index (χ4v) is 2.59. The second-order valence-electron chi connectivity index (χ2n) is 5.52. The summed E-state index contributed by atoms with van der Waals surface area (Å²) < 4.78 is 27.9. The first-order valence-electron chi connectivity index (χ1n) is 6.58. The number of nitrogens with zero attached hydrogens (tertiary/aromatic N) is 2. The number of rotatable bonds is 7. The van der Waals surface area contributed by atoms with Crippen LogP contribution in [0, 0.1) is 6.92 Å². The Labute approximate surface area is 125 Å². The molecule has 1 aromatic rings. The number of aromatic nitrogens is 2. The molecule has 4 N–H and O–H groups in total. The number of carbonyl (C=O) groups is 1. The summed E-state index contributed by atoms with van der Waals surface area (Å²) in [6.07, 6.45) is 1.46. The van der Waals surface area contributed by atoms with E-state index >= 15 is 0 Å². The molecule has 0 unspecified atom stereocenters. The molecule has 0 aliphatic heterocycles. The maximum atomic E-state index is 12.0. The molecule has 0 bridgehead atoms. The van der Waals surface area contributed by atoms with Crippen LogP contribution in [-0.4, -0.2) is 42.5 Å². The van der Waals surface area contributed by atoms with Crippen molar-refractivity contribution in [1.82, 2.24) is 19.6 Å². The molecule has 0 aliphatic rings. The zero-order valence-electron chi connectivity index (χ0n) is 12.8. The van der Waals surface area contributed by atoms with Crippen molar-refractivity contribution >= 4 is 15.9 Å². The highest BCUT2D eigenvalue weighted by Crippen LogP contribution is 2.07. The Morgan fingerprint density at radius 3 is 2.57 bits per heavy atom. The third-order valence-corrected chi connectivity index (χ3v) is 4.33. The minimum atomic E-state index is -3.69. The molecule has 0 atom stereocenters. The highest BCUT2D eigenvalue weighted by Gasteiger charge is 2.20. The van der Waals surface area contributed by atoms with Crippen molar-refractivity contribution in [3.05, 3.63) is 12.0 Å². The van der Waals surface area contributed by atoms with Crippen LogP contribution >= 0.6 is 0 Å². The normalized spacial score (nSPS) is 12.4. The Hall–Kier alpha value is -1.45. The zero-order valence-corrected chi connectivity index (χ0v) is 13.6. The third-order valence-electron chi connectivity index (χ3n) is 2.99. The molecule has 9 heteroatoms. The van der Waals surface area contributed by atoms with Gasteiger partial charge >= 0.3 is 0 Å². The Kier molecular flexibility index (Phi) is 5.48. The van der Waals surface area contributed by atoms with Crippen LogP contribution in [0.15, 0.2) is 11.2 Å². The molecular formula is C12H23N5O3S. The molecule has 1 aromatic heterocycles. The predicted molar refractivity (Wildman–Crippen MR) is 79.0 cm³/mol. The molecule has 0 aromatic carbocycles. The number of sulfonamides is 1. The standard InChI is InChI=1S/C12H23N5O3S/c1-9-15-11(7-17(9)4)21(19,20)14-6-5-10(18)16-12(2,3)8-13/h7,14H,5-6,8,13H2,1-4H3,(H,16,18). The molecular weight excluding hydrogens is 294 g/mol. The van der Waals surface area contributed by atoms with Crippen molar-refractivity contribution in [2.75, 3.05) is 13.1 Å². The molecule has 0 fully saturated rings. The van der Waals surface area contributed by atoms with Crippen LogP contribution in [0.5, 0.6) is 0 Å². The van der Waals surface area contributed by atoms with Crippen molar-refractivity contribution in [3.63, 3.8) is 0 Å². The largest absolute Gasteiger partial charge is 0.350 e. The van der Waals surface area contributed by atoms with Gasteiger partial charge in [0.25, 0.3) is 10.0 Å². The van der Waals surface area contributed by atoms with Crippen LogP contribution in [0.1, 0.15) is 26.1 Å². The SMILES string of the molecule is Cc1nc(S(=O)(=O)NCCC(=O)NC(C)(C)CN)cn1C. The highest BCUT2D eigenvalue weighted by atomic mass is 32.2. The molecule has 1 heterocycles. The van der Waals surface area contributed by atoms with Crippen molar-refractivity contribution in [2.45, 2.75) is 37.8 Å². The zero-order chi connectivity index (χ0) is 16.3. The lowest BCUT2D eigenvalue weighted by molar-refractivity contribution is -0.122. The lowest BCUT2D eigenvalue weighted by Gasteiger charge is -2.24. The van der Waals surface area contributed by atoms with Crippen LogP contribution in [0.25, 0.3) is 0 Å². The third kappa shape index (κ3) is 5.10. The summed E-state index contributed by atoms with van der Waals surface area (Å²) in [5.74, 6) is 0.336. The predicted octanol–water partition coefficient (Wildman–Crippen LogP) is -0.750. The molecule has 1 amide bonds. The minimum Gasteiger partial charge on any atom is -0.350 e. The maximum Gasteiger partial charge on any atom is 0.259 e. The van der Waals surface area contributed by atoms with Gasteiger partial charge in [-0.05, 0) is 20.8 Å². The fraction of sp³-hybridized carbons (Fsp3) is 0.667. The van der Waals surface area contributed by atoms with E-state index in [9.17, 15) is 13.2 Å². The van der Waals surface area contributed by atoms with E-state index in [0.717, 1.165) is 0 Å². The number of aryl methyl sites for hydroxylation is 2. The van der Waals surface area contributed by atoms with Gasteiger partial charge in [0.2, 0.25) is 5.91 Å². The van der Waals surface area contributed by atoms with Crippen molar-refractivity contribution in [1.29, 1.82) is 0 Å². The summed E-state index contributed by atoms with van der Waals surface area (Å²) in [5.41, 5.74) is 5.00. The van der Waals surface area contributed by atoms with Gasteiger partial charge in [-0.1, -0.05) is 0 Å². The van der Waals surface area contributed by atoms with E-state index in [1.807, 2.05) is 0 Å². The van der Waals surface area contributed by atoms with E-state index in [2.05, 4.69) is 15.0 Å². The Balaban J connectivity index is 2.53. The van der Waals surface area contributed by atoms with Gasteiger partial charge in [0.05, 0.1) is 0 Å². The van der Waals surface area contributed by atoms with Crippen molar-refractivity contribution in [2.24, 2.45) is 12.8 Å². The van der Waals surface area contributed by atoms with Gasteiger partial charge in [0, 0.05) is 38.3 Å². The summed E-state index contributed by atoms with van der Waals surface area (Å²) in [6.45, 7) is 5.61. The molecule has 0 aliphatic carbocycles. The van der Waals surface area contributed by atoms with Gasteiger partial charge in [0.1, 0.15) is 5.82 Å². The second-order valence-corrected chi connectivity index (χ2v) is 7.24. The van der Waals surface area contributed by atoms with Crippen LogP contribution in [0.3, 0.4) is 0 Å². The molecule has 1 rings (SSSR count). The average molecular weight is 317 g/mol. The monoisotopic (exact) mass is 317 g/mol. The number of carbonyl (C=O) groups excluding carboxylic acids is 1. The number of imidazole rings is 1. The maximum absolute atomic E-state index is 12.0. The number of hydrogen-bond donors (Lipinski definition) is 3. The first kappa shape index (κ1) is 17.6. The van der Waals surface area contributed by atoms with Gasteiger partial charge in [-0.3, -0.25) is 4.79 Å². The van der Waals surface area contributed by atoms with E-state index in [1.165, 1.54) is 6.20 Å². The Morgan fingerprint density at radius 2 is 2.10 bits per heavy atom. The van der Waals surface area contributed by atoms with Gasteiger partial charge in [-0.2, -0.15) is 0 Å². The van der Waals surface area contributed by atoms with Crippen molar-refractivity contribution in [3.8, 4) is 0 Å². The van der Waals surface area contributed by atoms with E-state index in [1.54, 1.807) is 32.4 Å². The lowest BCUT2D eigenvalue weighted by atomic mass is 10.1. The number of nitrogens with one attached hydrogen (secondary N) is 2. The topological polar surface area (TPSA) is 119 Å². The first-order valence-corrected chi connectivity index (χ1v) is 8.06. The Morgan fingerprint density at radius 1 is 1.48 bits per heavy atom. The van der Waals surface area contributed by atoms with E-state index in [0.29, 0.717) is 12.4 Å². The van der Waals surface area contributed by atoms with Crippen molar-refractivity contribution < 1.29 is 13.2 Å². The summed E-state index contributed by atoms with van der Waals surface area (Å²) in [7, 11) is -1.98. The second kappa shape index (κ2) is 6.54. The summed E-state index contributed by atoms with van der Waals surface area (Å²) in [5, 5.41) is 2.68. The molecule has 0 radical (unpaired) electrons. The Bertz CT molecular complexity index is 587. The summed E-state index contributed by atoms with van der Waals surface area (Å²) in [6, 6.07) is 0. The van der Waals surface area contributed by atoms with Gasteiger partial charge in [-0.25, -0.2) is 18.1 Å². The molecule has 8 nitrogen and oxygen atoms in total. The molecule has 120 valence electrons. The van der Waals surface area contributed by atoms with Crippen LogP contribution in [0.4, 0.5) is 0 Å². The highest BCUT2D eigenvalue weighted by molar-refractivity contribution is 7.89. The number of amides is 1. The smallest absolute Gasteiger partial charge is 0.259 e. The quantitative estimate of drug-likeness (QED) is 0.611. The average Bonchev–Trinajstić information content (AvgIpc) is 2.69. The molecule has 0 saturated heterocycles. The molecule has 0 spiro atoms. The van der Waals surface area contributed by atoms with E-state index < -0.39 is 15.6 Å². The first-order chi connectivity index (χ1) is 9.57. The molecule has 21 heavy (non-hydrogen) atoms. The minimum absolute atomic E-state index is 0.00440. The van der Waals surface area contributed by atoms with E-state index in [-0.39, 0.29) is 23.9 Å². The van der Waals surface area contributed by atoms with Crippen LogP contribution < -0.4 is 15.8 Å². The fourth-order valence-electron chi connectivity index (χ4n) is 1.52. The summed E-state index contributed by atoms with van der Waals surface area (Å²) in [4.78, 5) is 15.6. The van der Waals surface area contributed by atoms with Crippen LogP contribution in [0.2, 0.25) is 0 Å².